The van der Waals surface area contributed by atoms with Gasteiger partial charge in [-0.1, -0.05) is 0 Å². The van der Waals surface area contributed by atoms with E-state index in [0.29, 0.717) is 17.4 Å². The molecule has 0 saturated carbocycles. The van der Waals surface area contributed by atoms with E-state index in [1.54, 1.807) is 6.92 Å². The predicted molar refractivity (Wildman–Crippen MR) is 78.4 cm³/mol. The molecule has 3 rings (SSSR count). The Balaban J connectivity index is 2.13. The van der Waals surface area contributed by atoms with E-state index in [0.717, 1.165) is 30.7 Å². The van der Waals surface area contributed by atoms with Gasteiger partial charge in [-0.25, -0.2) is 4.98 Å². The number of benzene rings is 1. The van der Waals surface area contributed by atoms with E-state index in [2.05, 4.69) is 16.5 Å². The van der Waals surface area contributed by atoms with Gasteiger partial charge in [-0.05, 0) is 38.5 Å². The van der Waals surface area contributed by atoms with Crippen LogP contribution in [0.4, 0.5) is 5.69 Å². The van der Waals surface area contributed by atoms with Gasteiger partial charge in [0, 0.05) is 24.3 Å². The zero-order valence-electron chi connectivity index (χ0n) is 11.9. The Bertz CT molecular complexity index is 615. The van der Waals surface area contributed by atoms with E-state index in [1.807, 2.05) is 18.2 Å². The van der Waals surface area contributed by atoms with E-state index >= 15 is 0 Å². The molecular weight excluding hydrogens is 254 g/mol. The van der Waals surface area contributed by atoms with E-state index in [9.17, 15) is 5.11 Å². The lowest BCUT2D eigenvalue weighted by Crippen LogP contribution is -2.20. The number of aliphatic hydroxyl groups excluding tert-OH is 1. The number of anilines is 1. The Kier molecular flexibility index (Phi) is 3.40. The topological polar surface area (TPSA) is 73.3 Å². The van der Waals surface area contributed by atoms with Gasteiger partial charge in [-0.3, -0.25) is 0 Å². The van der Waals surface area contributed by atoms with E-state index in [1.165, 1.54) is 0 Å². The summed E-state index contributed by atoms with van der Waals surface area (Å²) < 4.78 is 7.63. The van der Waals surface area contributed by atoms with Crippen molar-refractivity contribution in [3.8, 4) is 0 Å². The second kappa shape index (κ2) is 5.07. The third-order valence-electron chi connectivity index (χ3n) is 4.17. The molecule has 20 heavy (non-hydrogen) atoms. The molecule has 1 aromatic carbocycles. The highest BCUT2D eigenvalue weighted by atomic mass is 16.5. The molecule has 1 saturated heterocycles. The largest absolute Gasteiger partial charge is 0.399 e. The second-order valence-electron chi connectivity index (χ2n) is 5.63. The molecule has 3 unspecified atom stereocenters. The summed E-state index contributed by atoms with van der Waals surface area (Å²) in [6.07, 6.45) is 0.447. The van der Waals surface area contributed by atoms with Crippen LogP contribution in [0.15, 0.2) is 18.2 Å². The van der Waals surface area contributed by atoms with Crippen molar-refractivity contribution in [3.05, 3.63) is 24.0 Å². The van der Waals surface area contributed by atoms with Crippen LogP contribution < -0.4 is 5.73 Å². The average Bonchev–Trinajstić information content (AvgIpc) is 3.04. The minimum Gasteiger partial charge on any atom is -0.399 e. The smallest absolute Gasteiger partial charge is 0.138 e. The van der Waals surface area contributed by atoms with Crippen LogP contribution in [0.1, 0.15) is 38.2 Å². The van der Waals surface area contributed by atoms with Crippen molar-refractivity contribution >= 4 is 16.7 Å². The number of rotatable bonds is 3. The van der Waals surface area contributed by atoms with Gasteiger partial charge < -0.3 is 20.1 Å². The fraction of sp³-hybridized carbons (Fsp3) is 0.533. The first-order chi connectivity index (χ1) is 9.58. The molecule has 0 radical (unpaired) electrons. The zero-order valence-corrected chi connectivity index (χ0v) is 11.9. The normalized spacial score (nSPS) is 22.2. The van der Waals surface area contributed by atoms with E-state index in [-0.39, 0.29) is 6.04 Å². The Morgan fingerprint density at radius 1 is 1.45 bits per heavy atom. The predicted octanol–water partition coefficient (Wildman–Crippen LogP) is 2.27. The molecule has 1 fully saturated rings. The molecule has 5 heteroatoms. The first kappa shape index (κ1) is 13.4. The Hall–Kier alpha value is -1.59. The number of hydrogen-bond acceptors (Lipinski definition) is 4. The van der Waals surface area contributed by atoms with Crippen molar-refractivity contribution < 1.29 is 9.84 Å². The summed E-state index contributed by atoms with van der Waals surface area (Å²) in [7, 11) is 0. The van der Waals surface area contributed by atoms with Crippen LogP contribution in [0.2, 0.25) is 0 Å². The monoisotopic (exact) mass is 275 g/mol. The highest BCUT2D eigenvalue weighted by molar-refractivity contribution is 5.80. The molecule has 2 aromatic rings. The summed E-state index contributed by atoms with van der Waals surface area (Å²) in [5, 5.41) is 10.0. The molecule has 5 nitrogen and oxygen atoms in total. The molecule has 0 spiro atoms. The molecular formula is C15H21N3O2. The first-order valence-corrected chi connectivity index (χ1v) is 7.11. The molecule has 1 aliphatic rings. The van der Waals surface area contributed by atoms with Crippen molar-refractivity contribution in [2.75, 3.05) is 18.9 Å². The van der Waals surface area contributed by atoms with Crippen LogP contribution in [0.5, 0.6) is 0 Å². The second-order valence-corrected chi connectivity index (χ2v) is 5.63. The van der Waals surface area contributed by atoms with Gasteiger partial charge in [0.15, 0.2) is 0 Å². The lowest BCUT2D eigenvalue weighted by molar-refractivity contribution is 0.163. The van der Waals surface area contributed by atoms with Gasteiger partial charge in [0.05, 0.1) is 17.6 Å². The van der Waals surface area contributed by atoms with Gasteiger partial charge in [0.2, 0.25) is 0 Å². The van der Waals surface area contributed by atoms with Crippen LogP contribution in [-0.4, -0.2) is 27.9 Å². The highest BCUT2D eigenvalue weighted by Crippen LogP contribution is 2.33. The quantitative estimate of drug-likeness (QED) is 0.843. The van der Waals surface area contributed by atoms with E-state index in [4.69, 9.17) is 10.5 Å². The number of nitrogens with zero attached hydrogens (tertiary/aromatic N) is 2. The fourth-order valence-electron chi connectivity index (χ4n) is 3.00. The van der Waals surface area contributed by atoms with Gasteiger partial charge in [-0.15, -0.1) is 0 Å². The molecule has 1 aliphatic heterocycles. The molecule has 0 aliphatic carbocycles. The maximum Gasteiger partial charge on any atom is 0.138 e. The van der Waals surface area contributed by atoms with Crippen LogP contribution in [0.3, 0.4) is 0 Å². The highest BCUT2D eigenvalue weighted by Gasteiger charge is 2.27. The summed E-state index contributed by atoms with van der Waals surface area (Å²) >= 11 is 0. The number of hydrogen-bond donors (Lipinski definition) is 2. The maximum absolute atomic E-state index is 10.0. The summed E-state index contributed by atoms with van der Waals surface area (Å²) in [5.74, 6) is 1.16. The summed E-state index contributed by atoms with van der Waals surface area (Å²) in [6.45, 7) is 5.51. The van der Waals surface area contributed by atoms with Crippen LogP contribution in [0.25, 0.3) is 11.0 Å². The number of aromatic nitrogens is 2. The molecule has 3 atom stereocenters. The molecule has 1 aromatic heterocycles. The van der Waals surface area contributed by atoms with Crippen LogP contribution >= 0.6 is 0 Å². The third-order valence-corrected chi connectivity index (χ3v) is 4.17. The Labute approximate surface area is 118 Å². The Morgan fingerprint density at radius 3 is 2.90 bits per heavy atom. The molecule has 108 valence electrons. The molecule has 0 bridgehead atoms. The number of ether oxygens (including phenoxy) is 1. The number of fused-ring (bicyclic) bond motifs is 1. The van der Waals surface area contributed by atoms with Crippen molar-refractivity contribution in [2.45, 2.75) is 32.4 Å². The first-order valence-electron chi connectivity index (χ1n) is 7.11. The minimum absolute atomic E-state index is 0.246. The number of nitrogen functional groups attached to an aromatic ring is 1. The van der Waals surface area contributed by atoms with Crippen molar-refractivity contribution in [2.24, 2.45) is 5.92 Å². The molecule has 3 N–H and O–H groups in total. The van der Waals surface area contributed by atoms with E-state index < -0.39 is 6.10 Å². The fourth-order valence-corrected chi connectivity index (χ4v) is 3.00. The Morgan fingerprint density at radius 2 is 2.25 bits per heavy atom. The van der Waals surface area contributed by atoms with Crippen LogP contribution in [0, 0.1) is 5.92 Å². The standard InChI is InChI=1S/C15H21N3O2/c1-9(11-5-6-20-8-11)18-14-4-3-12(16)7-13(14)17-15(18)10(2)19/h3-4,7,9-11,19H,5-6,8,16H2,1-2H3. The third kappa shape index (κ3) is 2.17. The minimum atomic E-state index is -0.603. The van der Waals surface area contributed by atoms with Crippen molar-refractivity contribution in [1.29, 1.82) is 0 Å². The lowest BCUT2D eigenvalue weighted by atomic mass is 10.00. The average molecular weight is 275 g/mol. The van der Waals surface area contributed by atoms with Crippen molar-refractivity contribution in [1.82, 2.24) is 9.55 Å². The van der Waals surface area contributed by atoms with Gasteiger partial charge in [0.1, 0.15) is 11.9 Å². The SMILES string of the molecule is CC(O)c1nc2cc(N)ccc2n1C(C)C1CCOC1. The van der Waals surface area contributed by atoms with Gasteiger partial charge in [0.25, 0.3) is 0 Å². The number of imidazole rings is 1. The number of aliphatic hydroxyl groups is 1. The summed E-state index contributed by atoms with van der Waals surface area (Å²) in [5.41, 5.74) is 8.38. The van der Waals surface area contributed by atoms with Crippen LogP contribution in [-0.2, 0) is 4.74 Å². The number of nitrogens with two attached hydrogens (primary N) is 1. The van der Waals surface area contributed by atoms with Gasteiger partial charge >= 0.3 is 0 Å². The molecule has 2 heterocycles. The maximum atomic E-state index is 10.0. The molecule has 0 amide bonds. The van der Waals surface area contributed by atoms with Crippen molar-refractivity contribution in [3.63, 3.8) is 0 Å². The van der Waals surface area contributed by atoms with Gasteiger partial charge in [-0.2, -0.15) is 0 Å². The zero-order chi connectivity index (χ0) is 14.3. The lowest BCUT2D eigenvalue weighted by Gasteiger charge is -2.23. The summed E-state index contributed by atoms with van der Waals surface area (Å²) in [4.78, 5) is 4.56. The summed E-state index contributed by atoms with van der Waals surface area (Å²) in [6, 6.07) is 5.96.